The summed E-state index contributed by atoms with van der Waals surface area (Å²) in [7, 11) is 0. The number of rotatable bonds is 3. The second-order valence-electron chi connectivity index (χ2n) is 3.71. The highest BCUT2D eigenvalue weighted by molar-refractivity contribution is 5.26. The van der Waals surface area contributed by atoms with Gasteiger partial charge in [-0.15, -0.1) is 0 Å². The zero-order valence-electron chi connectivity index (χ0n) is 9.05. The van der Waals surface area contributed by atoms with Gasteiger partial charge in [-0.2, -0.15) is 0 Å². The molecule has 0 aliphatic carbocycles. The van der Waals surface area contributed by atoms with Gasteiger partial charge in [0.1, 0.15) is 5.82 Å². The van der Waals surface area contributed by atoms with E-state index in [2.05, 4.69) is 13.0 Å². The van der Waals surface area contributed by atoms with Gasteiger partial charge in [0, 0.05) is 0 Å². The number of benzene rings is 1. The van der Waals surface area contributed by atoms with Crippen molar-refractivity contribution in [2.24, 2.45) is 0 Å². The summed E-state index contributed by atoms with van der Waals surface area (Å²) in [5.74, 6) is 0.345. The van der Waals surface area contributed by atoms with Crippen LogP contribution in [-0.4, -0.2) is 0 Å². The van der Waals surface area contributed by atoms with Gasteiger partial charge in [-0.1, -0.05) is 31.2 Å². The van der Waals surface area contributed by atoms with E-state index in [4.69, 9.17) is 0 Å². The van der Waals surface area contributed by atoms with Gasteiger partial charge in [0.05, 0.1) is 0 Å². The maximum atomic E-state index is 13.0. The molecule has 0 bridgehead atoms. The Hall–Kier alpha value is -1.11. The SMILES string of the molecule is C/C=C\CC(C)c1ccc(F)c(C)c1. The van der Waals surface area contributed by atoms with Crippen LogP contribution in [0.1, 0.15) is 37.3 Å². The van der Waals surface area contributed by atoms with Gasteiger partial charge >= 0.3 is 0 Å². The van der Waals surface area contributed by atoms with Crippen LogP contribution >= 0.6 is 0 Å². The third kappa shape index (κ3) is 2.69. The molecule has 0 aliphatic heterocycles. The summed E-state index contributed by atoms with van der Waals surface area (Å²) in [6, 6.07) is 5.36. The Labute approximate surface area is 85.5 Å². The molecule has 0 radical (unpaired) electrons. The Balaban J connectivity index is 2.80. The summed E-state index contributed by atoms with van der Waals surface area (Å²) < 4.78 is 13.0. The first-order chi connectivity index (χ1) is 6.65. The molecule has 1 aromatic carbocycles. The van der Waals surface area contributed by atoms with E-state index in [0.717, 1.165) is 12.0 Å². The molecule has 0 saturated heterocycles. The van der Waals surface area contributed by atoms with Crippen molar-refractivity contribution in [3.8, 4) is 0 Å². The highest BCUT2D eigenvalue weighted by Crippen LogP contribution is 2.21. The van der Waals surface area contributed by atoms with Gasteiger partial charge < -0.3 is 0 Å². The summed E-state index contributed by atoms with van der Waals surface area (Å²) in [4.78, 5) is 0. The minimum Gasteiger partial charge on any atom is -0.207 e. The van der Waals surface area contributed by atoms with Gasteiger partial charge in [-0.3, -0.25) is 0 Å². The fraction of sp³-hybridized carbons (Fsp3) is 0.385. The molecular formula is C13H17F. The van der Waals surface area contributed by atoms with Crippen molar-refractivity contribution in [2.45, 2.75) is 33.1 Å². The van der Waals surface area contributed by atoms with E-state index in [1.807, 2.05) is 25.1 Å². The van der Waals surface area contributed by atoms with Crippen molar-refractivity contribution < 1.29 is 4.39 Å². The summed E-state index contributed by atoms with van der Waals surface area (Å²) >= 11 is 0. The lowest BCUT2D eigenvalue weighted by molar-refractivity contribution is 0.616. The molecule has 0 heterocycles. The van der Waals surface area contributed by atoms with Crippen LogP contribution < -0.4 is 0 Å². The largest absolute Gasteiger partial charge is 0.207 e. The van der Waals surface area contributed by atoms with Crippen LogP contribution in [0.5, 0.6) is 0 Å². The summed E-state index contributed by atoms with van der Waals surface area (Å²) in [6.45, 7) is 5.98. The van der Waals surface area contributed by atoms with E-state index < -0.39 is 0 Å². The molecule has 0 spiro atoms. The Morgan fingerprint density at radius 3 is 2.71 bits per heavy atom. The molecule has 0 aliphatic rings. The van der Waals surface area contributed by atoms with Crippen molar-refractivity contribution in [2.75, 3.05) is 0 Å². The Kier molecular flexibility index (Phi) is 3.87. The zero-order chi connectivity index (χ0) is 10.6. The maximum absolute atomic E-state index is 13.0. The molecule has 0 nitrogen and oxygen atoms in total. The van der Waals surface area contributed by atoms with E-state index in [1.165, 1.54) is 5.56 Å². The number of hydrogen-bond donors (Lipinski definition) is 0. The maximum Gasteiger partial charge on any atom is 0.126 e. The Bertz CT molecular complexity index is 326. The average molecular weight is 192 g/mol. The van der Waals surface area contributed by atoms with E-state index in [-0.39, 0.29) is 5.82 Å². The average Bonchev–Trinajstić information content (AvgIpc) is 2.18. The van der Waals surface area contributed by atoms with Crippen molar-refractivity contribution in [1.29, 1.82) is 0 Å². The predicted molar refractivity (Wildman–Crippen MR) is 59.0 cm³/mol. The van der Waals surface area contributed by atoms with Crippen molar-refractivity contribution in [3.63, 3.8) is 0 Å². The van der Waals surface area contributed by atoms with Crippen LogP contribution in [0.25, 0.3) is 0 Å². The van der Waals surface area contributed by atoms with E-state index >= 15 is 0 Å². The molecule has 1 aromatic rings. The van der Waals surface area contributed by atoms with Crippen LogP contribution in [0, 0.1) is 12.7 Å². The lowest BCUT2D eigenvalue weighted by Crippen LogP contribution is -1.93. The standard InChI is InChI=1S/C13H17F/c1-4-5-6-10(2)12-7-8-13(14)11(3)9-12/h4-5,7-10H,6H2,1-3H3/b5-4-. The van der Waals surface area contributed by atoms with Gasteiger partial charge in [0.2, 0.25) is 0 Å². The smallest absolute Gasteiger partial charge is 0.126 e. The molecule has 76 valence electrons. The third-order valence-corrected chi connectivity index (χ3v) is 2.48. The van der Waals surface area contributed by atoms with Crippen molar-refractivity contribution >= 4 is 0 Å². The lowest BCUT2D eigenvalue weighted by Gasteiger charge is -2.10. The normalized spacial score (nSPS) is 13.4. The third-order valence-electron chi connectivity index (χ3n) is 2.48. The number of halogens is 1. The minimum atomic E-state index is -0.119. The molecule has 0 amide bonds. The lowest BCUT2D eigenvalue weighted by atomic mass is 9.96. The molecule has 1 rings (SSSR count). The van der Waals surface area contributed by atoms with Crippen LogP contribution in [0.15, 0.2) is 30.4 Å². The van der Waals surface area contributed by atoms with E-state index in [0.29, 0.717) is 5.92 Å². The molecular weight excluding hydrogens is 175 g/mol. The first-order valence-electron chi connectivity index (χ1n) is 5.02. The summed E-state index contributed by atoms with van der Waals surface area (Å²) in [5.41, 5.74) is 1.94. The molecule has 0 saturated carbocycles. The monoisotopic (exact) mass is 192 g/mol. The molecule has 0 N–H and O–H groups in total. The molecule has 14 heavy (non-hydrogen) atoms. The minimum absolute atomic E-state index is 0.119. The van der Waals surface area contributed by atoms with E-state index in [1.54, 1.807) is 13.0 Å². The summed E-state index contributed by atoms with van der Waals surface area (Å²) in [6.07, 6.45) is 5.21. The Morgan fingerprint density at radius 2 is 2.14 bits per heavy atom. The van der Waals surface area contributed by atoms with Crippen molar-refractivity contribution in [3.05, 3.63) is 47.3 Å². The van der Waals surface area contributed by atoms with Crippen LogP contribution in [0.2, 0.25) is 0 Å². The molecule has 1 unspecified atom stereocenters. The van der Waals surface area contributed by atoms with Gasteiger partial charge in [0.25, 0.3) is 0 Å². The predicted octanol–water partition coefficient (Wildman–Crippen LogP) is 4.20. The molecule has 0 fully saturated rings. The molecule has 0 aromatic heterocycles. The second-order valence-corrected chi connectivity index (χ2v) is 3.71. The van der Waals surface area contributed by atoms with Crippen molar-refractivity contribution in [1.82, 2.24) is 0 Å². The fourth-order valence-electron chi connectivity index (χ4n) is 1.45. The first kappa shape index (κ1) is 11.0. The summed E-state index contributed by atoms with van der Waals surface area (Å²) in [5, 5.41) is 0. The van der Waals surface area contributed by atoms with Gasteiger partial charge in [-0.25, -0.2) is 4.39 Å². The number of aryl methyl sites for hydroxylation is 1. The van der Waals surface area contributed by atoms with Gasteiger partial charge in [-0.05, 0) is 43.4 Å². The first-order valence-corrected chi connectivity index (χ1v) is 5.02. The Morgan fingerprint density at radius 1 is 1.43 bits per heavy atom. The van der Waals surface area contributed by atoms with Crippen LogP contribution in [-0.2, 0) is 0 Å². The quantitative estimate of drug-likeness (QED) is 0.629. The van der Waals surface area contributed by atoms with E-state index in [9.17, 15) is 4.39 Å². The van der Waals surface area contributed by atoms with Gasteiger partial charge in [0.15, 0.2) is 0 Å². The number of allylic oxidation sites excluding steroid dienone is 2. The highest BCUT2D eigenvalue weighted by atomic mass is 19.1. The molecule has 1 heteroatoms. The van der Waals surface area contributed by atoms with Crippen LogP contribution in [0.4, 0.5) is 4.39 Å². The topological polar surface area (TPSA) is 0 Å². The van der Waals surface area contributed by atoms with Crippen LogP contribution in [0.3, 0.4) is 0 Å². The number of hydrogen-bond acceptors (Lipinski definition) is 0. The zero-order valence-corrected chi connectivity index (χ0v) is 9.05. The highest BCUT2D eigenvalue weighted by Gasteiger charge is 2.05. The fourth-order valence-corrected chi connectivity index (χ4v) is 1.45. The second kappa shape index (κ2) is 4.94. The molecule has 1 atom stereocenters.